The van der Waals surface area contributed by atoms with Gasteiger partial charge >= 0.3 is 0 Å². The summed E-state index contributed by atoms with van der Waals surface area (Å²) in [5.74, 6) is -0.303. The zero-order valence-electron chi connectivity index (χ0n) is 15.3. The first kappa shape index (κ1) is 17.0. The maximum Gasteiger partial charge on any atom is 0.254 e. The second kappa shape index (κ2) is 6.06. The summed E-state index contributed by atoms with van der Waals surface area (Å²) < 4.78 is 15.0. The molecule has 5 nitrogen and oxygen atoms in total. The number of benzene rings is 1. The molecule has 4 rings (SSSR count). The number of hydrogen-bond donors (Lipinski definition) is 2. The van der Waals surface area contributed by atoms with Crippen LogP contribution in [0.3, 0.4) is 0 Å². The number of rotatable bonds is 4. The predicted octanol–water partition coefficient (Wildman–Crippen LogP) is 3.40. The molecule has 0 amide bonds. The van der Waals surface area contributed by atoms with Crippen LogP contribution in [0.25, 0.3) is 16.7 Å². The fourth-order valence-corrected chi connectivity index (χ4v) is 3.11. The third-order valence-electron chi connectivity index (χ3n) is 4.70. The van der Waals surface area contributed by atoms with E-state index in [2.05, 4.69) is 31.1 Å². The maximum absolute atomic E-state index is 13.3. The summed E-state index contributed by atoms with van der Waals surface area (Å²) in [6.45, 7) is 6.84. The van der Waals surface area contributed by atoms with Crippen LogP contribution in [0.4, 0.5) is 4.39 Å². The highest BCUT2D eigenvalue weighted by atomic mass is 19.1. The Morgan fingerprint density at radius 3 is 2.58 bits per heavy atom. The van der Waals surface area contributed by atoms with Crippen LogP contribution in [-0.2, 0) is 12.0 Å². The second-order valence-corrected chi connectivity index (χ2v) is 8.03. The van der Waals surface area contributed by atoms with Gasteiger partial charge in [0.15, 0.2) is 0 Å². The molecular weight excluding hydrogens is 331 g/mol. The summed E-state index contributed by atoms with van der Waals surface area (Å²) in [4.78, 5) is 15.6. The second-order valence-electron chi connectivity index (χ2n) is 8.03. The molecule has 6 heteroatoms. The Labute approximate surface area is 151 Å². The number of halogens is 1. The van der Waals surface area contributed by atoms with Crippen LogP contribution in [-0.4, -0.2) is 20.8 Å². The molecule has 1 fully saturated rings. The van der Waals surface area contributed by atoms with Crippen LogP contribution >= 0.6 is 0 Å². The fourth-order valence-electron chi connectivity index (χ4n) is 3.11. The Morgan fingerprint density at radius 2 is 1.96 bits per heavy atom. The van der Waals surface area contributed by atoms with Gasteiger partial charge in [-0.05, 0) is 43.2 Å². The number of aromatic amines is 1. The predicted molar refractivity (Wildman–Crippen MR) is 100 cm³/mol. The topological polar surface area (TPSA) is 62.7 Å². The number of aromatic nitrogens is 3. The third kappa shape index (κ3) is 3.17. The van der Waals surface area contributed by atoms with Crippen molar-refractivity contribution in [3.8, 4) is 5.69 Å². The number of pyridine rings is 1. The van der Waals surface area contributed by atoms with Crippen molar-refractivity contribution in [2.45, 2.75) is 51.6 Å². The number of H-pyrrole nitrogens is 1. The summed E-state index contributed by atoms with van der Waals surface area (Å²) in [6, 6.07) is 8.59. The van der Waals surface area contributed by atoms with Gasteiger partial charge in [0.1, 0.15) is 11.5 Å². The van der Waals surface area contributed by atoms with E-state index in [4.69, 9.17) is 5.10 Å². The van der Waals surface area contributed by atoms with E-state index >= 15 is 0 Å². The Bertz CT molecular complexity index is 1010. The molecule has 26 heavy (non-hydrogen) atoms. The molecule has 2 aromatic heterocycles. The van der Waals surface area contributed by atoms with Crippen LogP contribution in [0.15, 0.2) is 35.1 Å². The largest absolute Gasteiger partial charge is 0.310 e. The van der Waals surface area contributed by atoms with Crippen molar-refractivity contribution in [1.82, 2.24) is 20.1 Å². The maximum atomic E-state index is 13.3. The van der Waals surface area contributed by atoms with Gasteiger partial charge in [0.25, 0.3) is 5.56 Å². The molecule has 3 aromatic rings. The summed E-state index contributed by atoms with van der Waals surface area (Å²) >= 11 is 0. The van der Waals surface area contributed by atoms with Gasteiger partial charge in [-0.25, -0.2) is 9.07 Å². The summed E-state index contributed by atoms with van der Waals surface area (Å²) in [5.41, 5.74) is 2.67. The molecule has 0 radical (unpaired) electrons. The first-order valence-corrected chi connectivity index (χ1v) is 8.97. The van der Waals surface area contributed by atoms with Crippen LogP contribution in [0.2, 0.25) is 0 Å². The molecule has 1 aromatic carbocycles. The SMILES string of the molecule is CC(C)(C)c1nn(-c2ccc(F)cc2)c2[nH]c(=O)c(CNC3CC3)cc12. The molecular formula is C20H23FN4O. The van der Waals surface area contributed by atoms with Gasteiger partial charge in [-0.3, -0.25) is 4.79 Å². The van der Waals surface area contributed by atoms with Crippen molar-refractivity contribution in [2.24, 2.45) is 0 Å². The molecule has 1 aliphatic rings. The molecule has 0 aliphatic heterocycles. The fraction of sp³-hybridized carbons (Fsp3) is 0.400. The quantitative estimate of drug-likeness (QED) is 0.755. The Balaban J connectivity index is 1.88. The molecule has 0 saturated heterocycles. The lowest BCUT2D eigenvalue weighted by Gasteiger charge is -2.15. The first-order chi connectivity index (χ1) is 12.3. The summed E-state index contributed by atoms with van der Waals surface area (Å²) in [5, 5.41) is 9.07. The van der Waals surface area contributed by atoms with Crippen molar-refractivity contribution in [1.29, 1.82) is 0 Å². The molecule has 0 atom stereocenters. The van der Waals surface area contributed by atoms with E-state index in [1.807, 2.05) is 6.07 Å². The van der Waals surface area contributed by atoms with E-state index in [1.165, 1.54) is 25.0 Å². The lowest BCUT2D eigenvalue weighted by Crippen LogP contribution is -2.22. The van der Waals surface area contributed by atoms with Crippen molar-refractivity contribution >= 4 is 11.0 Å². The molecule has 136 valence electrons. The Morgan fingerprint density at radius 1 is 1.27 bits per heavy atom. The van der Waals surface area contributed by atoms with Gasteiger partial charge in [-0.2, -0.15) is 5.10 Å². The molecule has 1 aliphatic carbocycles. The minimum Gasteiger partial charge on any atom is -0.310 e. The Kier molecular flexibility index (Phi) is 3.95. The number of hydrogen-bond acceptors (Lipinski definition) is 3. The lowest BCUT2D eigenvalue weighted by molar-refractivity contribution is 0.564. The van der Waals surface area contributed by atoms with Crippen molar-refractivity contribution < 1.29 is 4.39 Å². The normalized spacial score (nSPS) is 14.9. The van der Waals surface area contributed by atoms with Crippen LogP contribution in [0.5, 0.6) is 0 Å². The molecule has 1 saturated carbocycles. The van der Waals surface area contributed by atoms with Gasteiger partial charge in [0.05, 0.1) is 11.4 Å². The molecule has 0 spiro atoms. The molecule has 0 unspecified atom stereocenters. The van der Waals surface area contributed by atoms with Crippen LogP contribution in [0, 0.1) is 5.82 Å². The van der Waals surface area contributed by atoms with Gasteiger partial charge in [-0.15, -0.1) is 0 Å². The lowest BCUT2D eigenvalue weighted by atomic mass is 9.90. The van der Waals surface area contributed by atoms with Gasteiger partial charge in [0, 0.05) is 29.0 Å². The zero-order valence-corrected chi connectivity index (χ0v) is 15.3. The van der Waals surface area contributed by atoms with Gasteiger partial charge < -0.3 is 10.3 Å². The van der Waals surface area contributed by atoms with E-state index in [0.29, 0.717) is 29.5 Å². The third-order valence-corrected chi connectivity index (χ3v) is 4.70. The highest BCUT2D eigenvalue weighted by molar-refractivity contribution is 5.81. The number of nitrogens with one attached hydrogen (secondary N) is 2. The van der Waals surface area contributed by atoms with E-state index in [1.54, 1.807) is 16.8 Å². The summed E-state index contributed by atoms with van der Waals surface area (Å²) in [7, 11) is 0. The average Bonchev–Trinajstić information content (AvgIpc) is 3.33. The number of fused-ring (bicyclic) bond motifs is 1. The van der Waals surface area contributed by atoms with Gasteiger partial charge in [-0.1, -0.05) is 20.8 Å². The standard InChI is InChI=1S/C20H23FN4O/c1-20(2,3)17-16-10-12(11-22-14-6-7-14)19(26)23-18(16)25(24-17)15-8-4-13(21)5-9-15/h4-5,8-10,14,22H,6-7,11H2,1-3H3,(H,23,26). The van der Waals surface area contributed by atoms with Crippen molar-refractivity contribution in [3.05, 3.63) is 57.8 Å². The van der Waals surface area contributed by atoms with E-state index in [0.717, 1.165) is 11.1 Å². The van der Waals surface area contributed by atoms with Crippen LogP contribution < -0.4 is 10.9 Å². The zero-order chi connectivity index (χ0) is 18.5. The first-order valence-electron chi connectivity index (χ1n) is 8.97. The van der Waals surface area contributed by atoms with Gasteiger partial charge in [0.2, 0.25) is 0 Å². The minimum absolute atomic E-state index is 0.116. The molecule has 0 bridgehead atoms. The highest BCUT2D eigenvalue weighted by Gasteiger charge is 2.25. The monoisotopic (exact) mass is 354 g/mol. The summed E-state index contributed by atoms with van der Waals surface area (Å²) in [6.07, 6.45) is 2.35. The highest BCUT2D eigenvalue weighted by Crippen LogP contribution is 2.30. The van der Waals surface area contributed by atoms with Crippen LogP contribution in [0.1, 0.15) is 44.9 Å². The minimum atomic E-state index is -0.303. The average molecular weight is 354 g/mol. The molecule has 2 heterocycles. The molecule has 2 N–H and O–H groups in total. The Hall–Kier alpha value is -2.47. The van der Waals surface area contributed by atoms with Crippen molar-refractivity contribution in [3.63, 3.8) is 0 Å². The van der Waals surface area contributed by atoms with E-state index < -0.39 is 0 Å². The van der Waals surface area contributed by atoms with E-state index in [-0.39, 0.29) is 16.8 Å². The van der Waals surface area contributed by atoms with Crippen molar-refractivity contribution in [2.75, 3.05) is 0 Å². The number of nitrogens with zero attached hydrogens (tertiary/aromatic N) is 2. The smallest absolute Gasteiger partial charge is 0.254 e. The van der Waals surface area contributed by atoms with E-state index in [9.17, 15) is 9.18 Å².